The first kappa shape index (κ1) is 21.7. The number of unbranched alkanes of at least 4 members (excludes halogenated alkanes) is 1. The molecule has 1 aromatic heterocycles. The van der Waals surface area contributed by atoms with Crippen molar-refractivity contribution in [3.63, 3.8) is 0 Å². The summed E-state index contributed by atoms with van der Waals surface area (Å²) >= 11 is 0. The van der Waals surface area contributed by atoms with Crippen LogP contribution in [0, 0.1) is 0 Å². The van der Waals surface area contributed by atoms with E-state index in [1.807, 2.05) is 13.0 Å². The average Bonchev–Trinajstić information content (AvgIpc) is 3.36. The van der Waals surface area contributed by atoms with Gasteiger partial charge in [-0.15, -0.1) is 0 Å². The maximum Gasteiger partial charge on any atom is 0.419 e. The van der Waals surface area contributed by atoms with Crippen molar-refractivity contribution < 1.29 is 32.3 Å². The SMILES string of the molecule is CCCC=CCOc1ccc(-c2noc(C3CCCN3C(=O)O)n2)cc1C(F)(F)F. The maximum atomic E-state index is 13.5. The molecule has 0 saturated carbocycles. The van der Waals surface area contributed by atoms with Crippen LogP contribution in [0.1, 0.15) is 50.1 Å². The minimum Gasteiger partial charge on any atom is -0.489 e. The summed E-state index contributed by atoms with van der Waals surface area (Å²) in [6.45, 7) is 2.37. The summed E-state index contributed by atoms with van der Waals surface area (Å²) < 4.78 is 51.0. The summed E-state index contributed by atoms with van der Waals surface area (Å²) in [7, 11) is 0. The first-order chi connectivity index (χ1) is 14.3. The van der Waals surface area contributed by atoms with Gasteiger partial charge in [-0.1, -0.05) is 30.7 Å². The van der Waals surface area contributed by atoms with Crippen LogP contribution in [0.2, 0.25) is 0 Å². The molecule has 1 fully saturated rings. The number of aromatic nitrogens is 2. The number of likely N-dealkylation sites (tertiary alicyclic amines) is 1. The smallest absolute Gasteiger partial charge is 0.419 e. The molecule has 162 valence electrons. The van der Waals surface area contributed by atoms with Gasteiger partial charge in [0.15, 0.2) is 0 Å². The molecule has 3 rings (SSSR count). The van der Waals surface area contributed by atoms with Gasteiger partial charge in [-0.25, -0.2) is 4.79 Å². The molecule has 10 heteroatoms. The van der Waals surface area contributed by atoms with E-state index in [1.165, 1.54) is 17.0 Å². The van der Waals surface area contributed by atoms with E-state index in [2.05, 4.69) is 10.1 Å². The van der Waals surface area contributed by atoms with Gasteiger partial charge in [-0.05, 0) is 37.5 Å². The molecule has 1 aliphatic heterocycles. The number of nitrogens with zero attached hydrogens (tertiary/aromatic N) is 3. The Bertz CT molecular complexity index is 911. The van der Waals surface area contributed by atoms with Crippen LogP contribution >= 0.6 is 0 Å². The van der Waals surface area contributed by atoms with E-state index in [0.717, 1.165) is 18.9 Å². The van der Waals surface area contributed by atoms with Crippen LogP contribution < -0.4 is 4.74 Å². The van der Waals surface area contributed by atoms with Gasteiger partial charge in [0.25, 0.3) is 0 Å². The van der Waals surface area contributed by atoms with Crippen LogP contribution in [0.3, 0.4) is 0 Å². The van der Waals surface area contributed by atoms with Gasteiger partial charge in [0, 0.05) is 12.1 Å². The topological polar surface area (TPSA) is 88.7 Å². The largest absolute Gasteiger partial charge is 0.489 e. The number of alkyl halides is 3. The van der Waals surface area contributed by atoms with Gasteiger partial charge >= 0.3 is 12.3 Å². The number of benzene rings is 1. The number of halogens is 3. The van der Waals surface area contributed by atoms with E-state index in [-0.39, 0.29) is 29.6 Å². The van der Waals surface area contributed by atoms with E-state index in [0.29, 0.717) is 19.4 Å². The lowest BCUT2D eigenvalue weighted by atomic mass is 10.1. The Hall–Kier alpha value is -3.04. The van der Waals surface area contributed by atoms with Crippen LogP contribution in [-0.4, -0.2) is 39.4 Å². The molecule has 7 nitrogen and oxygen atoms in total. The van der Waals surface area contributed by atoms with E-state index >= 15 is 0 Å². The van der Waals surface area contributed by atoms with Crippen molar-refractivity contribution in [3.8, 4) is 17.1 Å². The molecule has 1 amide bonds. The fourth-order valence-corrected chi connectivity index (χ4v) is 3.25. The second kappa shape index (κ2) is 9.19. The molecule has 1 atom stereocenters. The lowest BCUT2D eigenvalue weighted by Gasteiger charge is -2.17. The molecular formula is C20H22F3N3O4. The van der Waals surface area contributed by atoms with Crippen molar-refractivity contribution in [1.29, 1.82) is 0 Å². The summed E-state index contributed by atoms with van der Waals surface area (Å²) in [5.41, 5.74) is -0.839. The highest BCUT2D eigenvalue weighted by atomic mass is 19.4. The molecule has 2 heterocycles. The minimum absolute atomic E-state index is 0.0293. The summed E-state index contributed by atoms with van der Waals surface area (Å²) in [4.78, 5) is 16.6. The maximum absolute atomic E-state index is 13.5. The summed E-state index contributed by atoms with van der Waals surface area (Å²) in [5, 5.41) is 13.0. The molecule has 2 aromatic rings. The third kappa shape index (κ3) is 4.92. The fourth-order valence-electron chi connectivity index (χ4n) is 3.25. The van der Waals surface area contributed by atoms with Crippen LogP contribution in [0.4, 0.5) is 18.0 Å². The number of hydrogen-bond acceptors (Lipinski definition) is 5. The zero-order valence-corrected chi connectivity index (χ0v) is 16.4. The number of carboxylic acid groups (broad SMARTS) is 1. The first-order valence-corrected chi connectivity index (χ1v) is 9.63. The van der Waals surface area contributed by atoms with Crippen LogP contribution in [0.15, 0.2) is 34.9 Å². The highest BCUT2D eigenvalue weighted by Crippen LogP contribution is 2.39. The van der Waals surface area contributed by atoms with Crippen LogP contribution in [-0.2, 0) is 6.18 Å². The third-order valence-electron chi connectivity index (χ3n) is 4.73. The monoisotopic (exact) mass is 425 g/mol. The zero-order chi connectivity index (χ0) is 21.7. The average molecular weight is 425 g/mol. The second-order valence-electron chi connectivity index (χ2n) is 6.87. The van der Waals surface area contributed by atoms with Crippen molar-refractivity contribution in [3.05, 3.63) is 41.8 Å². The van der Waals surface area contributed by atoms with Crippen molar-refractivity contribution >= 4 is 6.09 Å². The number of ether oxygens (including phenoxy) is 1. The lowest BCUT2D eigenvalue weighted by Crippen LogP contribution is -2.28. The van der Waals surface area contributed by atoms with Crippen LogP contribution in [0.25, 0.3) is 11.4 Å². The minimum atomic E-state index is -4.63. The lowest BCUT2D eigenvalue weighted by molar-refractivity contribution is -0.138. The summed E-state index contributed by atoms with van der Waals surface area (Å²) in [6, 6.07) is 2.95. The predicted molar refractivity (Wildman–Crippen MR) is 101 cm³/mol. The Balaban J connectivity index is 1.83. The molecular weight excluding hydrogens is 403 g/mol. The van der Waals surface area contributed by atoms with E-state index in [9.17, 15) is 23.1 Å². The van der Waals surface area contributed by atoms with Crippen molar-refractivity contribution in [2.24, 2.45) is 0 Å². The van der Waals surface area contributed by atoms with E-state index in [4.69, 9.17) is 9.26 Å². The number of rotatable bonds is 7. The quantitative estimate of drug-likeness (QED) is 0.605. The molecule has 1 N–H and O–H groups in total. The Morgan fingerprint density at radius 3 is 2.90 bits per heavy atom. The Kier molecular flexibility index (Phi) is 6.63. The highest BCUT2D eigenvalue weighted by Gasteiger charge is 2.36. The van der Waals surface area contributed by atoms with Gasteiger partial charge in [0.1, 0.15) is 18.4 Å². The van der Waals surface area contributed by atoms with Gasteiger partial charge < -0.3 is 14.4 Å². The Morgan fingerprint density at radius 1 is 1.40 bits per heavy atom. The highest BCUT2D eigenvalue weighted by molar-refractivity contribution is 5.66. The van der Waals surface area contributed by atoms with Crippen molar-refractivity contribution in [2.45, 2.75) is 44.8 Å². The second-order valence-corrected chi connectivity index (χ2v) is 6.87. The molecule has 0 spiro atoms. The molecule has 0 radical (unpaired) electrons. The number of amides is 1. The molecule has 1 aliphatic rings. The Morgan fingerprint density at radius 2 is 2.20 bits per heavy atom. The van der Waals surface area contributed by atoms with Gasteiger partial charge in [-0.2, -0.15) is 18.2 Å². The van der Waals surface area contributed by atoms with Gasteiger partial charge in [0.05, 0.1) is 5.56 Å². The van der Waals surface area contributed by atoms with E-state index in [1.54, 1.807) is 6.08 Å². The zero-order valence-electron chi connectivity index (χ0n) is 16.4. The summed E-state index contributed by atoms with van der Waals surface area (Å²) in [5.74, 6) is -0.258. The molecule has 1 aromatic carbocycles. The summed E-state index contributed by atoms with van der Waals surface area (Å²) in [6.07, 6.45) is 0.727. The number of allylic oxidation sites excluding steroid dienone is 1. The molecule has 0 bridgehead atoms. The van der Waals surface area contributed by atoms with Gasteiger partial charge in [-0.3, -0.25) is 4.90 Å². The Labute approximate surface area is 171 Å². The van der Waals surface area contributed by atoms with Crippen molar-refractivity contribution in [1.82, 2.24) is 15.0 Å². The van der Waals surface area contributed by atoms with E-state index < -0.39 is 23.9 Å². The molecule has 1 unspecified atom stereocenters. The van der Waals surface area contributed by atoms with Crippen molar-refractivity contribution in [2.75, 3.05) is 13.2 Å². The normalized spacial score (nSPS) is 17.1. The third-order valence-corrected chi connectivity index (χ3v) is 4.73. The first-order valence-electron chi connectivity index (χ1n) is 9.63. The standard InChI is InChI=1S/C20H22F3N3O4/c1-2-3-4-5-11-29-16-9-8-13(12-14(16)20(21,22)23)17-24-18(30-25-17)15-7-6-10-26(15)19(27)28/h4-5,8-9,12,15H,2-3,6-7,10-11H2,1H3,(H,27,28). The van der Waals surface area contributed by atoms with Gasteiger partial charge in [0.2, 0.25) is 11.7 Å². The predicted octanol–water partition coefficient (Wildman–Crippen LogP) is 5.31. The fraction of sp³-hybridized carbons (Fsp3) is 0.450. The number of hydrogen-bond donors (Lipinski definition) is 1. The number of carbonyl (C=O) groups is 1. The molecule has 0 aliphatic carbocycles. The van der Waals surface area contributed by atoms with Crippen LogP contribution in [0.5, 0.6) is 5.75 Å². The molecule has 30 heavy (non-hydrogen) atoms. The molecule has 1 saturated heterocycles.